The molecule has 0 aliphatic carbocycles. The molecule has 0 spiro atoms. The number of rotatable bonds is 1. The number of nitrogens with two attached hydrogens (primary N) is 2. The largest absolute Gasteiger partial charge is 0.398 e. The second-order valence-electron chi connectivity index (χ2n) is 2.97. The second kappa shape index (κ2) is 3.35. The first-order valence-electron chi connectivity index (χ1n) is 4.24. The summed E-state index contributed by atoms with van der Waals surface area (Å²) in [5.41, 5.74) is 13.3. The highest BCUT2D eigenvalue weighted by Crippen LogP contribution is 2.30. The Balaban J connectivity index is 2.61. The minimum atomic E-state index is 0.00764. The van der Waals surface area contributed by atoms with Crippen molar-refractivity contribution in [2.45, 2.75) is 0 Å². The monoisotopic (exact) mass is 200 g/mol. The molecule has 1 aromatic carbocycles. The van der Waals surface area contributed by atoms with Crippen molar-refractivity contribution in [1.82, 2.24) is 5.16 Å². The van der Waals surface area contributed by atoms with Gasteiger partial charge in [-0.2, -0.15) is 5.26 Å². The Morgan fingerprint density at radius 3 is 2.60 bits per heavy atom. The van der Waals surface area contributed by atoms with Crippen molar-refractivity contribution in [1.29, 1.82) is 5.26 Å². The Bertz CT molecular complexity index is 539. The van der Waals surface area contributed by atoms with Crippen molar-refractivity contribution >= 4 is 11.4 Å². The van der Waals surface area contributed by atoms with E-state index in [9.17, 15) is 0 Å². The van der Waals surface area contributed by atoms with Crippen LogP contribution in [-0.4, -0.2) is 5.16 Å². The molecule has 0 radical (unpaired) electrons. The highest BCUT2D eigenvalue weighted by molar-refractivity contribution is 5.82. The number of anilines is 2. The quantitative estimate of drug-likeness (QED) is 0.677. The minimum absolute atomic E-state index is 0.00764. The number of benzene rings is 1. The first-order valence-corrected chi connectivity index (χ1v) is 4.24. The summed E-state index contributed by atoms with van der Waals surface area (Å²) >= 11 is 0. The van der Waals surface area contributed by atoms with Gasteiger partial charge in [-0.25, -0.2) is 0 Å². The van der Waals surface area contributed by atoms with E-state index in [0.717, 1.165) is 0 Å². The van der Waals surface area contributed by atoms with Gasteiger partial charge in [-0.05, 0) is 6.07 Å². The number of nitrogen functional groups attached to an aromatic ring is 2. The molecule has 1 heterocycles. The summed E-state index contributed by atoms with van der Waals surface area (Å²) < 4.78 is 4.76. The molecule has 0 atom stereocenters. The number of nitriles is 1. The van der Waals surface area contributed by atoms with Crippen LogP contribution in [-0.2, 0) is 0 Å². The van der Waals surface area contributed by atoms with Gasteiger partial charge < -0.3 is 16.0 Å². The van der Waals surface area contributed by atoms with Gasteiger partial charge in [0.1, 0.15) is 17.5 Å². The predicted octanol–water partition coefficient (Wildman–Crippen LogP) is 1.38. The Labute approximate surface area is 85.9 Å². The number of para-hydroxylation sites is 1. The molecule has 0 unspecified atom stereocenters. The van der Waals surface area contributed by atoms with E-state index in [4.69, 9.17) is 21.3 Å². The Morgan fingerprint density at radius 2 is 2.00 bits per heavy atom. The van der Waals surface area contributed by atoms with Crippen LogP contribution in [0.15, 0.2) is 28.8 Å². The van der Waals surface area contributed by atoms with E-state index in [0.29, 0.717) is 16.9 Å². The van der Waals surface area contributed by atoms with E-state index in [2.05, 4.69) is 5.16 Å². The molecule has 0 saturated heterocycles. The van der Waals surface area contributed by atoms with Gasteiger partial charge in [0.25, 0.3) is 5.76 Å². The molecule has 5 nitrogen and oxygen atoms in total. The van der Waals surface area contributed by atoms with Crippen molar-refractivity contribution in [3.05, 3.63) is 30.0 Å². The lowest BCUT2D eigenvalue weighted by Crippen LogP contribution is -1.93. The van der Waals surface area contributed by atoms with E-state index in [1.165, 1.54) is 0 Å². The van der Waals surface area contributed by atoms with E-state index in [-0.39, 0.29) is 11.4 Å². The van der Waals surface area contributed by atoms with Crippen LogP contribution in [0.4, 0.5) is 11.4 Å². The van der Waals surface area contributed by atoms with Crippen LogP contribution >= 0.6 is 0 Å². The summed E-state index contributed by atoms with van der Waals surface area (Å²) in [5, 5.41) is 12.4. The molecule has 2 rings (SSSR count). The number of hydrogen-bond acceptors (Lipinski definition) is 5. The third-order valence-corrected chi connectivity index (χ3v) is 2.05. The number of nitrogens with zero attached hydrogens (tertiary/aromatic N) is 2. The van der Waals surface area contributed by atoms with Gasteiger partial charge in [0.2, 0.25) is 0 Å². The van der Waals surface area contributed by atoms with Crippen LogP contribution in [0.25, 0.3) is 11.3 Å². The highest BCUT2D eigenvalue weighted by atomic mass is 16.5. The third kappa shape index (κ3) is 1.38. The fourth-order valence-corrected chi connectivity index (χ4v) is 1.28. The van der Waals surface area contributed by atoms with Crippen LogP contribution < -0.4 is 11.5 Å². The van der Waals surface area contributed by atoms with Gasteiger partial charge in [0.15, 0.2) is 0 Å². The zero-order valence-corrected chi connectivity index (χ0v) is 7.77. The predicted molar refractivity (Wildman–Crippen MR) is 55.5 cm³/mol. The van der Waals surface area contributed by atoms with Crippen LogP contribution in [0.3, 0.4) is 0 Å². The summed E-state index contributed by atoms with van der Waals surface area (Å²) in [6, 6.07) is 8.93. The summed E-state index contributed by atoms with van der Waals surface area (Å²) in [7, 11) is 0. The Morgan fingerprint density at radius 1 is 1.27 bits per heavy atom. The Kier molecular flexibility index (Phi) is 2.03. The average Bonchev–Trinajstić information content (AvgIpc) is 2.60. The van der Waals surface area contributed by atoms with E-state index < -0.39 is 0 Å². The van der Waals surface area contributed by atoms with Crippen molar-refractivity contribution in [2.75, 3.05) is 11.5 Å². The van der Waals surface area contributed by atoms with E-state index in [1.807, 2.05) is 12.1 Å². The van der Waals surface area contributed by atoms with E-state index >= 15 is 0 Å². The lowest BCUT2D eigenvalue weighted by molar-refractivity contribution is 0.413. The molecule has 0 bridgehead atoms. The average molecular weight is 200 g/mol. The van der Waals surface area contributed by atoms with Crippen molar-refractivity contribution in [2.24, 2.45) is 0 Å². The highest BCUT2D eigenvalue weighted by Gasteiger charge is 2.15. The molecular formula is C10H8N4O. The topological polar surface area (TPSA) is 102 Å². The first kappa shape index (κ1) is 9.09. The summed E-state index contributed by atoms with van der Waals surface area (Å²) in [6.07, 6.45) is 0. The summed E-state index contributed by atoms with van der Waals surface area (Å²) in [6.45, 7) is 0. The third-order valence-electron chi connectivity index (χ3n) is 2.05. The van der Waals surface area contributed by atoms with Gasteiger partial charge in [-0.15, -0.1) is 0 Å². The maximum absolute atomic E-state index is 8.65. The first-order chi connectivity index (χ1) is 7.24. The molecule has 2 aromatic rings. The van der Waals surface area contributed by atoms with Crippen LogP contribution in [0, 0.1) is 11.3 Å². The zero-order valence-electron chi connectivity index (χ0n) is 7.77. The molecule has 1 aromatic heterocycles. The Hall–Kier alpha value is -2.48. The summed E-state index contributed by atoms with van der Waals surface area (Å²) in [4.78, 5) is 0. The van der Waals surface area contributed by atoms with Crippen molar-refractivity contribution < 1.29 is 4.52 Å². The fraction of sp³-hybridized carbons (Fsp3) is 0. The number of aromatic nitrogens is 1. The standard InChI is InChI=1S/C10H8N4O/c11-5-8-9(13)10(14-15-8)6-3-1-2-4-7(6)12/h1-4H,12-13H2. The van der Waals surface area contributed by atoms with Crippen LogP contribution in [0.2, 0.25) is 0 Å². The normalized spacial score (nSPS) is 9.80. The zero-order chi connectivity index (χ0) is 10.8. The van der Waals surface area contributed by atoms with Crippen LogP contribution in [0.5, 0.6) is 0 Å². The van der Waals surface area contributed by atoms with Gasteiger partial charge >= 0.3 is 0 Å². The molecule has 5 heteroatoms. The molecule has 15 heavy (non-hydrogen) atoms. The molecular weight excluding hydrogens is 192 g/mol. The maximum Gasteiger partial charge on any atom is 0.259 e. The SMILES string of the molecule is N#Cc1onc(-c2ccccc2N)c1N. The van der Waals surface area contributed by atoms with Gasteiger partial charge in [-0.1, -0.05) is 23.4 Å². The summed E-state index contributed by atoms with van der Waals surface area (Å²) in [5.74, 6) is 0.00764. The number of hydrogen-bond donors (Lipinski definition) is 2. The lowest BCUT2D eigenvalue weighted by Gasteiger charge is -2.00. The molecule has 0 amide bonds. The lowest BCUT2D eigenvalue weighted by atomic mass is 10.1. The molecule has 0 fully saturated rings. The maximum atomic E-state index is 8.65. The molecule has 0 saturated carbocycles. The second-order valence-corrected chi connectivity index (χ2v) is 2.97. The van der Waals surface area contributed by atoms with Gasteiger partial charge in [0.05, 0.1) is 0 Å². The molecule has 4 N–H and O–H groups in total. The molecule has 74 valence electrons. The van der Waals surface area contributed by atoms with Gasteiger partial charge in [0, 0.05) is 11.3 Å². The van der Waals surface area contributed by atoms with Gasteiger partial charge in [-0.3, -0.25) is 0 Å². The molecule has 0 aliphatic rings. The smallest absolute Gasteiger partial charge is 0.259 e. The van der Waals surface area contributed by atoms with Crippen molar-refractivity contribution in [3.63, 3.8) is 0 Å². The van der Waals surface area contributed by atoms with Crippen LogP contribution in [0.1, 0.15) is 5.76 Å². The van der Waals surface area contributed by atoms with Crippen molar-refractivity contribution in [3.8, 4) is 17.3 Å². The minimum Gasteiger partial charge on any atom is -0.398 e. The van der Waals surface area contributed by atoms with E-state index in [1.54, 1.807) is 18.2 Å². The fourth-order valence-electron chi connectivity index (χ4n) is 1.28. The molecule has 0 aliphatic heterocycles.